The van der Waals surface area contributed by atoms with Crippen molar-refractivity contribution in [1.82, 2.24) is 14.9 Å². The summed E-state index contributed by atoms with van der Waals surface area (Å²) in [5.41, 5.74) is -0.306. The van der Waals surface area contributed by atoms with Crippen LogP contribution in [-0.2, 0) is 4.79 Å². The Morgan fingerprint density at radius 3 is 2.75 bits per heavy atom. The van der Waals surface area contributed by atoms with Gasteiger partial charge in [-0.2, -0.15) is 0 Å². The largest absolute Gasteiger partial charge is 0.481 e. The molecule has 1 aliphatic heterocycles. The summed E-state index contributed by atoms with van der Waals surface area (Å²) in [7, 11) is 0. The summed E-state index contributed by atoms with van der Waals surface area (Å²) in [5, 5.41) is 12.1. The number of likely N-dealkylation sites (tertiary alicyclic amines) is 1. The Labute approximate surface area is 117 Å². The van der Waals surface area contributed by atoms with Crippen LogP contribution in [0.2, 0.25) is 0 Å². The number of rotatable bonds is 4. The molecule has 0 saturated carbocycles. The van der Waals surface area contributed by atoms with Gasteiger partial charge in [-0.05, 0) is 12.8 Å². The molecule has 1 aromatic rings. The second-order valence-electron chi connectivity index (χ2n) is 5.06. The minimum absolute atomic E-state index is 0.246. The summed E-state index contributed by atoms with van der Waals surface area (Å²) in [6.07, 6.45) is 6.24. The predicted molar refractivity (Wildman–Crippen MR) is 72.2 cm³/mol. The van der Waals surface area contributed by atoms with Crippen LogP contribution in [0.25, 0.3) is 0 Å². The number of nitrogens with zero attached hydrogens (tertiary/aromatic N) is 3. The fraction of sp³-hybridized carbons (Fsp3) is 0.538. The van der Waals surface area contributed by atoms with E-state index in [9.17, 15) is 14.7 Å². The molecule has 1 aromatic heterocycles. The van der Waals surface area contributed by atoms with E-state index in [0.717, 1.165) is 6.42 Å². The highest BCUT2D eigenvalue weighted by Gasteiger charge is 2.45. The van der Waals surface area contributed by atoms with E-state index in [0.29, 0.717) is 25.1 Å². The maximum atomic E-state index is 12.1. The predicted octanol–water partition coefficient (Wildman–Crippen LogP) is 1.59. The Morgan fingerprint density at radius 2 is 2.15 bits per heavy atom. The van der Waals surface area contributed by atoms with Gasteiger partial charge in [0.1, 0.15) is 6.33 Å². The van der Waals surface area contributed by atoms with E-state index >= 15 is 0 Å². The lowest BCUT2D eigenvalue weighted by Gasteiger charge is -2.24. The van der Waals surface area contributed by atoms with Crippen molar-refractivity contribution in [2.24, 2.45) is 5.41 Å². The molecule has 2 heterocycles. The molecule has 2 N–H and O–H groups in total. The Hall–Kier alpha value is -2.18. The molecule has 7 nitrogen and oxygen atoms in total. The van der Waals surface area contributed by atoms with Gasteiger partial charge in [0.25, 0.3) is 0 Å². The number of carboxylic acids is 1. The normalized spacial score (nSPS) is 21.8. The second kappa shape index (κ2) is 5.85. The third kappa shape index (κ3) is 2.87. The van der Waals surface area contributed by atoms with Crippen LogP contribution in [0, 0.1) is 5.41 Å². The fourth-order valence-corrected chi connectivity index (χ4v) is 2.58. The molecule has 0 aromatic carbocycles. The van der Waals surface area contributed by atoms with Crippen LogP contribution in [0.5, 0.6) is 0 Å². The first-order valence-corrected chi connectivity index (χ1v) is 6.62. The van der Waals surface area contributed by atoms with Crippen molar-refractivity contribution in [1.29, 1.82) is 0 Å². The van der Waals surface area contributed by atoms with Crippen molar-refractivity contribution in [3.63, 3.8) is 0 Å². The molecule has 0 aliphatic carbocycles. The maximum Gasteiger partial charge on any atom is 0.321 e. The zero-order chi connectivity index (χ0) is 14.6. The van der Waals surface area contributed by atoms with Crippen LogP contribution in [0.1, 0.15) is 26.2 Å². The average Bonchev–Trinajstić information content (AvgIpc) is 2.86. The molecule has 1 saturated heterocycles. The first-order valence-electron chi connectivity index (χ1n) is 6.62. The summed E-state index contributed by atoms with van der Waals surface area (Å²) >= 11 is 0. The first-order chi connectivity index (χ1) is 9.57. The topological polar surface area (TPSA) is 95.4 Å². The molecule has 1 atom stereocenters. The molecule has 108 valence electrons. The quantitative estimate of drug-likeness (QED) is 0.871. The van der Waals surface area contributed by atoms with Gasteiger partial charge in [-0.3, -0.25) is 4.79 Å². The van der Waals surface area contributed by atoms with Gasteiger partial charge in [0.2, 0.25) is 0 Å². The summed E-state index contributed by atoms with van der Waals surface area (Å²) in [6, 6.07) is -0.306. The molecule has 1 fully saturated rings. The summed E-state index contributed by atoms with van der Waals surface area (Å²) in [4.78, 5) is 32.7. The van der Waals surface area contributed by atoms with Gasteiger partial charge in [0.15, 0.2) is 0 Å². The number of aromatic nitrogens is 2. The molecular weight excluding hydrogens is 260 g/mol. The lowest BCUT2D eigenvalue weighted by Crippen LogP contribution is -2.38. The molecule has 0 spiro atoms. The molecule has 0 bridgehead atoms. The monoisotopic (exact) mass is 278 g/mol. The zero-order valence-corrected chi connectivity index (χ0v) is 11.4. The molecule has 2 rings (SSSR count). The van der Waals surface area contributed by atoms with Crippen molar-refractivity contribution in [3.05, 3.63) is 18.7 Å². The highest BCUT2D eigenvalue weighted by molar-refractivity contribution is 5.90. The maximum absolute atomic E-state index is 12.1. The van der Waals surface area contributed by atoms with Crippen LogP contribution >= 0.6 is 0 Å². The Kier molecular flexibility index (Phi) is 4.16. The molecule has 1 unspecified atom stereocenters. The fourth-order valence-electron chi connectivity index (χ4n) is 2.58. The Morgan fingerprint density at radius 1 is 1.45 bits per heavy atom. The number of amides is 2. The average molecular weight is 278 g/mol. The van der Waals surface area contributed by atoms with Crippen molar-refractivity contribution in [3.8, 4) is 0 Å². The van der Waals surface area contributed by atoms with E-state index in [-0.39, 0.29) is 12.6 Å². The van der Waals surface area contributed by atoms with Gasteiger partial charge in [-0.15, -0.1) is 0 Å². The van der Waals surface area contributed by atoms with Crippen LogP contribution in [0.15, 0.2) is 18.7 Å². The van der Waals surface area contributed by atoms with Gasteiger partial charge < -0.3 is 15.3 Å². The van der Waals surface area contributed by atoms with E-state index < -0.39 is 11.4 Å². The third-order valence-corrected chi connectivity index (χ3v) is 3.64. The van der Waals surface area contributed by atoms with Crippen LogP contribution in [0.4, 0.5) is 10.5 Å². The Bertz CT molecular complexity index is 494. The first kappa shape index (κ1) is 14.2. The number of urea groups is 1. The number of anilines is 1. The van der Waals surface area contributed by atoms with Crippen molar-refractivity contribution in [2.45, 2.75) is 26.2 Å². The van der Waals surface area contributed by atoms with Crippen molar-refractivity contribution < 1.29 is 14.7 Å². The SMILES string of the molecule is CCCC1(C(=O)O)CCN(C(=O)Nc2cncnc2)C1. The lowest BCUT2D eigenvalue weighted by molar-refractivity contribution is -0.148. The number of aliphatic carboxylic acids is 1. The van der Waals surface area contributed by atoms with E-state index in [1.54, 1.807) is 0 Å². The highest BCUT2D eigenvalue weighted by Crippen LogP contribution is 2.35. The molecular formula is C13H18N4O3. The van der Waals surface area contributed by atoms with E-state index in [1.165, 1.54) is 23.6 Å². The molecule has 20 heavy (non-hydrogen) atoms. The van der Waals surface area contributed by atoms with E-state index in [4.69, 9.17) is 0 Å². The van der Waals surface area contributed by atoms with Gasteiger partial charge in [0, 0.05) is 13.1 Å². The summed E-state index contributed by atoms with van der Waals surface area (Å²) in [5.74, 6) is -0.822. The van der Waals surface area contributed by atoms with Gasteiger partial charge in [-0.1, -0.05) is 13.3 Å². The van der Waals surface area contributed by atoms with Crippen LogP contribution < -0.4 is 5.32 Å². The van der Waals surface area contributed by atoms with Crippen molar-refractivity contribution in [2.75, 3.05) is 18.4 Å². The zero-order valence-electron chi connectivity index (χ0n) is 11.4. The Balaban J connectivity index is 2.01. The lowest BCUT2D eigenvalue weighted by atomic mass is 9.83. The number of nitrogens with one attached hydrogen (secondary N) is 1. The van der Waals surface area contributed by atoms with E-state index in [2.05, 4.69) is 15.3 Å². The minimum atomic E-state index is -0.822. The summed E-state index contributed by atoms with van der Waals surface area (Å²) in [6.45, 7) is 2.65. The van der Waals surface area contributed by atoms with Gasteiger partial charge in [-0.25, -0.2) is 14.8 Å². The van der Waals surface area contributed by atoms with Crippen LogP contribution in [0.3, 0.4) is 0 Å². The molecule has 2 amide bonds. The molecule has 7 heteroatoms. The smallest absolute Gasteiger partial charge is 0.321 e. The highest BCUT2D eigenvalue weighted by atomic mass is 16.4. The molecule has 1 aliphatic rings. The van der Waals surface area contributed by atoms with Crippen molar-refractivity contribution >= 4 is 17.7 Å². The third-order valence-electron chi connectivity index (χ3n) is 3.64. The number of carbonyl (C=O) groups is 2. The number of hydrogen-bond acceptors (Lipinski definition) is 4. The minimum Gasteiger partial charge on any atom is -0.481 e. The van der Waals surface area contributed by atoms with Gasteiger partial charge in [0.05, 0.1) is 23.5 Å². The standard InChI is InChI=1S/C13H18N4O3/c1-2-3-13(11(18)19)4-5-17(8-13)12(20)16-10-6-14-9-15-7-10/h6-7,9H,2-5,8H2,1H3,(H,16,20)(H,18,19). The summed E-state index contributed by atoms with van der Waals surface area (Å²) < 4.78 is 0. The van der Waals surface area contributed by atoms with E-state index in [1.807, 2.05) is 6.92 Å². The van der Waals surface area contributed by atoms with Crippen LogP contribution in [-0.4, -0.2) is 45.1 Å². The number of hydrogen-bond donors (Lipinski definition) is 2. The van der Waals surface area contributed by atoms with Gasteiger partial charge >= 0.3 is 12.0 Å². The second-order valence-corrected chi connectivity index (χ2v) is 5.06. The number of carboxylic acid groups (broad SMARTS) is 1. The number of carbonyl (C=O) groups excluding carboxylic acids is 1. The molecule has 0 radical (unpaired) electrons.